The van der Waals surface area contributed by atoms with Crippen LogP contribution in [-0.4, -0.2) is 51.1 Å². The molecule has 0 aliphatic carbocycles. The third-order valence-electron chi connectivity index (χ3n) is 6.76. The third-order valence-corrected chi connectivity index (χ3v) is 6.76. The van der Waals surface area contributed by atoms with E-state index in [2.05, 4.69) is 4.90 Å². The van der Waals surface area contributed by atoms with Gasteiger partial charge in [0.15, 0.2) is 17.3 Å². The number of piperidine rings is 1. The molecule has 2 saturated heterocycles. The van der Waals surface area contributed by atoms with E-state index in [1.54, 1.807) is 9.42 Å². The molecule has 4 heterocycles. The molecule has 2 aromatic heterocycles. The average Bonchev–Trinajstić information content (AvgIpc) is 3.42. The van der Waals surface area contributed by atoms with E-state index in [-0.39, 0.29) is 23.2 Å². The Balaban J connectivity index is 1.48. The first-order valence-corrected chi connectivity index (χ1v) is 11.5. The smallest absolute Gasteiger partial charge is 0.257 e. The van der Waals surface area contributed by atoms with Crippen LogP contribution in [0.25, 0.3) is 5.65 Å². The quantitative estimate of drug-likeness (QED) is 0.655. The summed E-state index contributed by atoms with van der Waals surface area (Å²) >= 11 is 0. The molecule has 5 rings (SSSR count). The van der Waals surface area contributed by atoms with Gasteiger partial charge in [0.2, 0.25) is 0 Å². The number of amides is 1. The Kier molecular flexibility index (Phi) is 5.52. The standard InChI is InChI=1S/C24H28F2N6O/c1-14-6-7-17(22(26)21(14)25)24(33)31-9-4-3-5-19(31)18-11-20-28-23(15(2)12-32(20)29-18)30-10-8-16(27)13-30/h6-7,11-12,16,19H,3-5,8-10,13,27H2,1-2H3. The van der Waals surface area contributed by atoms with E-state index in [1.807, 2.05) is 19.2 Å². The van der Waals surface area contributed by atoms with Gasteiger partial charge in [-0.1, -0.05) is 6.07 Å². The van der Waals surface area contributed by atoms with Gasteiger partial charge >= 0.3 is 0 Å². The predicted molar refractivity (Wildman–Crippen MR) is 121 cm³/mol. The van der Waals surface area contributed by atoms with E-state index in [0.29, 0.717) is 24.3 Å². The minimum atomic E-state index is -1.09. The number of carbonyl (C=O) groups is 1. The van der Waals surface area contributed by atoms with E-state index in [1.165, 1.54) is 19.1 Å². The van der Waals surface area contributed by atoms with E-state index in [0.717, 1.165) is 43.7 Å². The van der Waals surface area contributed by atoms with Crippen molar-refractivity contribution in [2.45, 2.75) is 51.6 Å². The summed E-state index contributed by atoms with van der Waals surface area (Å²) in [7, 11) is 0. The molecule has 0 bridgehead atoms. The lowest BCUT2D eigenvalue weighted by Gasteiger charge is -2.34. The zero-order valence-electron chi connectivity index (χ0n) is 18.9. The van der Waals surface area contributed by atoms with Gasteiger partial charge in [-0.3, -0.25) is 4.79 Å². The first-order chi connectivity index (χ1) is 15.8. The summed E-state index contributed by atoms with van der Waals surface area (Å²) in [5, 5.41) is 4.71. The summed E-state index contributed by atoms with van der Waals surface area (Å²) in [6.07, 6.45) is 5.32. The van der Waals surface area contributed by atoms with Gasteiger partial charge in [-0.25, -0.2) is 18.3 Å². The third kappa shape index (κ3) is 3.84. The fraction of sp³-hybridized carbons (Fsp3) is 0.458. The SMILES string of the molecule is Cc1cn2nc(C3CCCCN3C(=O)c3ccc(C)c(F)c3F)cc2nc1N1CCC(N)C1. The zero-order chi connectivity index (χ0) is 23.3. The van der Waals surface area contributed by atoms with Crippen LogP contribution in [0.4, 0.5) is 14.6 Å². The lowest BCUT2D eigenvalue weighted by Crippen LogP contribution is -2.39. The molecule has 3 aromatic rings. The Morgan fingerprint density at radius 2 is 1.91 bits per heavy atom. The van der Waals surface area contributed by atoms with Crippen LogP contribution >= 0.6 is 0 Å². The van der Waals surface area contributed by atoms with Crippen LogP contribution in [0, 0.1) is 25.5 Å². The van der Waals surface area contributed by atoms with Crippen LogP contribution in [0.2, 0.25) is 0 Å². The monoisotopic (exact) mass is 454 g/mol. The Morgan fingerprint density at radius 3 is 2.67 bits per heavy atom. The number of hydrogen-bond acceptors (Lipinski definition) is 5. The Hall–Kier alpha value is -3.07. The number of benzene rings is 1. The summed E-state index contributed by atoms with van der Waals surface area (Å²) < 4.78 is 30.4. The second-order valence-corrected chi connectivity index (χ2v) is 9.18. The summed E-state index contributed by atoms with van der Waals surface area (Å²) in [6.45, 7) is 5.59. The van der Waals surface area contributed by atoms with Crippen molar-refractivity contribution in [1.29, 1.82) is 0 Å². The molecule has 0 radical (unpaired) electrons. The highest BCUT2D eigenvalue weighted by molar-refractivity contribution is 5.95. The molecule has 0 spiro atoms. The lowest BCUT2D eigenvalue weighted by molar-refractivity contribution is 0.0599. The second-order valence-electron chi connectivity index (χ2n) is 9.18. The van der Waals surface area contributed by atoms with E-state index in [4.69, 9.17) is 15.8 Å². The number of likely N-dealkylation sites (tertiary alicyclic amines) is 1. The molecule has 2 atom stereocenters. The fourth-order valence-corrected chi connectivity index (χ4v) is 4.93. The van der Waals surface area contributed by atoms with Gasteiger partial charge in [0.05, 0.1) is 17.3 Å². The normalized spacial score (nSPS) is 21.2. The molecule has 2 fully saturated rings. The fourth-order valence-electron chi connectivity index (χ4n) is 4.93. The molecule has 0 saturated carbocycles. The number of hydrogen-bond donors (Lipinski definition) is 1. The first-order valence-electron chi connectivity index (χ1n) is 11.5. The van der Waals surface area contributed by atoms with E-state index >= 15 is 0 Å². The van der Waals surface area contributed by atoms with Gasteiger partial charge in [-0.05, 0) is 51.2 Å². The van der Waals surface area contributed by atoms with E-state index in [9.17, 15) is 13.6 Å². The van der Waals surface area contributed by atoms with Crippen LogP contribution in [0.15, 0.2) is 24.4 Å². The van der Waals surface area contributed by atoms with Crippen molar-refractivity contribution in [3.05, 3.63) is 58.4 Å². The zero-order valence-corrected chi connectivity index (χ0v) is 18.9. The first kappa shape index (κ1) is 21.8. The van der Waals surface area contributed by atoms with Crippen molar-refractivity contribution in [3.8, 4) is 0 Å². The number of aryl methyl sites for hydroxylation is 2. The molecule has 2 N–H and O–H groups in total. The summed E-state index contributed by atoms with van der Waals surface area (Å²) in [6, 6.07) is 4.52. The maximum absolute atomic E-state index is 14.6. The van der Waals surface area contributed by atoms with Crippen LogP contribution in [0.5, 0.6) is 0 Å². The Morgan fingerprint density at radius 1 is 1.09 bits per heavy atom. The molecule has 7 nitrogen and oxygen atoms in total. The molecule has 2 aliphatic heterocycles. The van der Waals surface area contributed by atoms with Crippen LogP contribution in [0.3, 0.4) is 0 Å². The number of rotatable bonds is 3. The molecule has 2 aliphatic rings. The summed E-state index contributed by atoms with van der Waals surface area (Å²) in [4.78, 5) is 21.9. The Labute approximate surface area is 191 Å². The minimum Gasteiger partial charge on any atom is -0.355 e. The molecular weight excluding hydrogens is 426 g/mol. The summed E-state index contributed by atoms with van der Waals surface area (Å²) in [5.41, 5.74) is 8.41. The van der Waals surface area contributed by atoms with Crippen molar-refractivity contribution in [2.24, 2.45) is 5.73 Å². The maximum Gasteiger partial charge on any atom is 0.257 e. The molecule has 1 aromatic carbocycles. The summed E-state index contributed by atoms with van der Waals surface area (Å²) in [5.74, 6) is -1.68. The van der Waals surface area contributed by atoms with Crippen LogP contribution in [0.1, 0.15) is 58.9 Å². The largest absolute Gasteiger partial charge is 0.355 e. The molecule has 1 amide bonds. The van der Waals surface area contributed by atoms with Crippen molar-refractivity contribution >= 4 is 17.4 Å². The van der Waals surface area contributed by atoms with Crippen molar-refractivity contribution in [1.82, 2.24) is 19.5 Å². The Bertz CT molecular complexity index is 1230. The van der Waals surface area contributed by atoms with Crippen molar-refractivity contribution < 1.29 is 13.6 Å². The van der Waals surface area contributed by atoms with Crippen LogP contribution in [-0.2, 0) is 0 Å². The number of nitrogens with zero attached hydrogens (tertiary/aromatic N) is 5. The molecule has 2 unspecified atom stereocenters. The lowest BCUT2D eigenvalue weighted by atomic mass is 9.98. The minimum absolute atomic E-state index is 0.150. The van der Waals surface area contributed by atoms with Gasteiger partial charge in [-0.15, -0.1) is 0 Å². The molecule has 174 valence electrons. The topological polar surface area (TPSA) is 79.8 Å². The van der Waals surface area contributed by atoms with Gasteiger partial charge in [0, 0.05) is 43.5 Å². The molecular formula is C24H28F2N6O. The number of halogens is 2. The van der Waals surface area contributed by atoms with Gasteiger partial charge in [0.25, 0.3) is 5.91 Å². The highest BCUT2D eigenvalue weighted by atomic mass is 19.2. The maximum atomic E-state index is 14.6. The highest BCUT2D eigenvalue weighted by Gasteiger charge is 2.33. The second kappa shape index (κ2) is 8.37. The van der Waals surface area contributed by atoms with Crippen LogP contribution < -0.4 is 10.6 Å². The van der Waals surface area contributed by atoms with Gasteiger partial charge < -0.3 is 15.5 Å². The number of nitrogens with two attached hydrogens (primary N) is 1. The number of carbonyl (C=O) groups excluding carboxylic acids is 1. The predicted octanol–water partition coefficient (Wildman–Crippen LogP) is 3.53. The van der Waals surface area contributed by atoms with Gasteiger partial charge in [-0.2, -0.15) is 5.10 Å². The number of aromatic nitrogens is 3. The highest BCUT2D eigenvalue weighted by Crippen LogP contribution is 2.33. The number of fused-ring (bicyclic) bond motifs is 1. The van der Waals surface area contributed by atoms with Crippen molar-refractivity contribution in [2.75, 3.05) is 24.5 Å². The van der Waals surface area contributed by atoms with E-state index < -0.39 is 17.5 Å². The molecule has 9 heteroatoms. The van der Waals surface area contributed by atoms with Gasteiger partial charge in [0.1, 0.15) is 5.82 Å². The number of anilines is 1. The molecule has 33 heavy (non-hydrogen) atoms. The average molecular weight is 455 g/mol. The van der Waals surface area contributed by atoms with Crippen molar-refractivity contribution in [3.63, 3.8) is 0 Å².